The van der Waals surface area contributed by atoms with Crippen LogP contribution in [0.15, 0.2) is 41.8 Å². The number of aromatic nitrogens is 5. The molecule has 3 heterocycles. The predicted octanol–water partition coefficient (Wildman–Crippen LogP) is 3.40. The van der Waals surface area contributed by atoms with Crippen molar-refractivity contribution in [2.24, 2.45) is 7.05 Å². The molecule has 8 heteroatoms. The molecule has 1 aromatic carbocycles. The highest BCUT2D eigenvalue weighted by Crippen LogP contribution is 2.30. The van der Waals surface area contributed by atoms with Gasteiger partial charge in [-0.3, -0.25) is 9.36 Å². The molecule has 1 aliphatic carbocycles. The first kappa shape index (κ1) is 19.2. The minimum Gasteiger partial charge on any atom is -0.391 e. The molecule has 1 aliphatic rings. The summed E-state index contributed by atoms with van der Waals surface area (Å²) in [4.78, 5) is 26.8. The third-order valence-electron chi connectivity index (χ3n) is 6.05. The van der Waals surface area contributed by atoms with Crippen LogP contribution in [0.4, 0.5) is 0 Å². The lowest BCUT2D eigenvalue weighted by atomic mass is 9.92. The first-order chi connectivity index (χ1) is 14.5. The topological polar surface area (TPSA) is 85.8 Å². The number of aliphatic hydroxyl groups is 1. The highest BCUT2D eigenvalue weighted by atomic mass is 35.5. The Bertz CT molecular complexity index is 1300. The Labute approximate surface area is 178 Å². The number of imidazole rings is 1. The number of aliphatic hydroxyl groups excluding tert-OH is 1. The first-order valence-electron chi connectivity index (χ1n) is 10.1. The Kier molecular flexibility index (Phi) is 4.79. The van der Waals surface area contributed by atoms with Crippen LogP contribution in [0.25, 0.3) is 21.9 Å². The van der Waals surface area contributed by atoms with Crippen LogP contribution < -0.4 is 5.56 Å². The predicted molar refractivity (Wildman–Crippen MR) is 116 cm³/mol. The van der Waals surface area contributed by atoms with Crippen LogP contribution in [0.3, 0.4) is 0 Å². The van der Waals surface area contributed by atoms with E-state index in [1.54, 1.807) is 29.5 Å². The summed E-state index contributed by atoms with van der Waals surface area (Å²) in [5.74, 6) is 0. The normalized spacial score (nSPS) is 19.6. The molecule has 0 bridgehead atoms. The second-order valence-corrected chi connectivity index (χ2v) is 8.41. The zero-order valence-electron chi connectivity index (χ0n) is 16.6. The van der Waals surface area contributed by atoms with Gasteiger partial charge in [0.15, 0.2) is 0 Å². The molecule has 0 amide bonds. The molecule has 154 valence electrons. The van der Waals surface area contributed by atoms with E-state index in [9.17, 15) is 9.90 Å². The highest BCUT2D eigenvalue weighted by Gasteiger charge is 2.26. The standard InChI is InChI=1S/C22H22ClN5O2/c1-27-11-25-19-14(8-13-6-7-18(23)24-10-13)9-15-20(21(19)27)26-12-28(22(15)30)16-4-2-3-5-17(16)29/h6-7,9-12,16-17,29H,2-5,8H2,1H3/t16-,17-/m0/s1. The lowest BCUT2D eigenvalue weighted by Gasteiger charge is -2.29. The minimum absolute atomic E-state index is 0.121. The molecule has 0 unspecified atom stereocenters. The van der Waals surface area contributed by atoms with Gasteiger partial charge in [-0.05, 0) is 36.1 Å². The number of rotatable bonds is 3. The Morgan fingerprint density at radius 3 is 2.70 bits per heavy atom. The summed E-state index contributed by atoms with van der Waals surface area (Å²) >= 11 is 5.92. The van der Waals surface area contributed by atoms with E-state index in [1.807, 2.05) is 23.7 Å². The maximum atomic E-state index is 13.5. The van der Waals surface area contributed by atoms with E-state index in [0.717, 1.165) is 41.4 Å². The number of hydrogen-bond donors (Lipinski definition) is 1. The van der Waals surface area contributed by atoms with E-state index in [1.165, 1.54) is 0 Å². The molecular weight excluding hydrogens is 402 g/mol. The van der Waals surface area contributed by atoms with Crippen molar-refractivity contribution >= 4 is 33.5 Å². The molecule has 0 aliphatic heterocycles. The average molecular weight is 424 g/mol. The van der Waals surface area contributed by atoms with Crippen molar-refractivity contribution in [1.29, 1.82) is 0 Å². The average Bonchev–Trinajstić information content (AvgIpc) is 3.13. The van der Waals surface area contributed by atoms with Crippen LogP contribution in [0.1, 0.15) is 42.9 Å². The van der Waals surface area contributed by atoms with Gasteiger partial charge in [-0.2, -0.15) is 0 Å². The lowest BCUT2D eigenvalue weighted by Crippen LogP contribution is -2.34. The van der Waals surface area contributed by atoms with E-state index >= 15 is 0 Å². The first-order valence-corrected chi connectivity index (χ1v) is 10.5. The van der Waals surface area contributed by atoms with Crippen molar-refractivity contribution in [3.63, 3.8) is 0 Å². The van der Waals surface area contributed by atoms with E-state index in [2.05, 4.69) is 15.0 Å². The van der Waals surface area contributed by atoms with Crippen LogP contribution >= 0.6 is 11.6 Å². The second kappa shape index (κ2) is 7.49. The largest absolute Gasteiger partial charge is 0.391 e. The zero-order chi connectivity index (χ0) is 20.8. The molecule has 7 nitrogen and oxygen atoms in total. The van der Waals surface area contributed by atoms with Crippen LogP contribution in [-0.2, 0) is 13.5 Å². The smallest absolute Gasteiger partial charge is 0.261 e. The van der Waals surface area contributed by atoms with Crippen molar-refractivity contribution < 1.29 is 5.11 Å². The molecule has 1 N–H and O–H groups in total. The summed E-state index contributed by atoms with van der Waals surface area (Å²) in [5, 5.41) is 11.4. The summed E-state index contributed by atoms with van der Waals surface area (Å²) in [7, 11) is 1.90. The van der Waals surface area contributed by atoms with Gasteiger partial charge in [0, 0.05) is 19.7 Å². The summed E-state index contributed by atoms with van der Waals surface area (Å²) in [6.07, 6.45) is 8.61. The fraction of sp³-hybridized carbons (Fsp3) is 0.364. The molecule has 30 heavy (non-hydrogen) atoms. The number of hydrogen-bond acceptors (Lipinski definition) is 5. The van der Waals surface area contributed by atoms with Crippen molar-refractivity contribution in [2.75, 3.05) is 0 Å². The Morgan fingerprint density at radius 2 is 1.93 bits per heavy atom. The number of nitrogens with zero attached hydrogens (tertiary/aromatic N) is 5. The summed E-state index contributed by atoms with van der Waals surface area (Å²) in [5.41, 5.74) is 4.08. The van der Waals surface area contributed by atoms with Gasteiger partial charge in [0.05, 0.1) is 41.2 Å². The van der Waals surface area contributed by atoms with Crippen molar-refractivity contribution in [3.05, 3.63) is 63.7 Å². The molecule has 0 radical (unpaired) electrons. The zero-order valence-corrected chi connectivity index (χ0v) is 17.4. The third-order valence-corrected chi connectivity index (χ3v) is 6.27. The molecule has 0 spiro atoms. The van der Waals surface area contributed by atoms with Crippen molar-refractivity contribution in [2.45, 2.75) is 44.2 Å². The van der Waals surface area contributed by atoms with Gasteiger partial charge >= 0.3 is 0 Å². The molecule has 1 fully saturated rings. The van der Waals surface area contributed by atoms with Gasteiger partial charge in [-0.15, -0.1) is 0 Å². The lowest BCUT2D eigenvalue weighted by molar-refractivity contribution is 0.0735. The molecule has 4 aromatic rings. The molecule has 2 atom stereocenters. The SMILES string of the molecule is Cn1cnc2c(Cc3ccc(Cl)nc3)cc3c(=O)n([C@H]4CCCC[C@@H]4O)cnc3c21. The van der Waals surface area contributed by atoms with Crippen LogP contribution in [0.5, 0.6) is 0 Å². The van der Waals surface area contributed by atoms with Gasteiger partial charge in [0.2, 0.25) is 0 Å². The monoisotopic (exact) mass is 423 g/mol. The van der Waals surface area contributed by atoms with Gasteiger partial charge in [-0.1, -0.05) is 30.5 Å². The van der Waals surface area contributed by atoms with Gasteiger partial charge < -0.3 is 9.67 Å². The van der Waals surface area contributed by atoms with E-state index in [4.69, 9.17) is 11.6 Å². The van der Waals surface area contributed by atoms with Gasteiger partial charge in [0.25, 0.3) is 5.56 Å². The van der Waals surface area contributed by atoms with E-state index < -0.39 is 6.10 Å². The number of fused-ring (bicyclic) bond motifs is 3. The molecule has 5 rings (SSSR count). The molecular formula is C22H22ClN5O2. The van der Waals surface area contributed by atoms with Crippen LogP contribution in [-0.4, -0.2) is 35.3 Å². The number of benzene rings is 1. The minimum atomic E-state index is -0.518. The van der Waals surface area contributed by atoms with Gasteiger partial charge in [-0.25, -0.2) is 15.0 Å². The fourth-order valence-electron chi connectivity index (χ4n) is 4.51. The number of aryl methyl sites for hydroxylation is 1. The summed E-state index contributed by atoms with van der Waals surface area (Å²) in [6.45, 7) is 0. The molecule has 3 aromatic heterocycles. The van der Waals surface area contributed by atoms with Crippen LogP contribution in [0.2, 0.25) is 5.15 Å². The summed E-state index contributed by atoms with van der Waals surface area (Å²) in [6, 6.07) is 5.34. The Balaban J connectivity index is 1.70. The maximum Gasteiger partial charge on any atom is 0.261 e. The van der Waals surface area contributed by atoms with E-state index in [-0.39, 0.29) is 11.6 Å². The highest BCUT2D eigenvalue weighted by molar-refractivity contribution is 6.29. The Morgan fingerprint density at radius 1 is 1.13 bits per heavy atom. The third kappa shape index (κ3) is 3.18. The Hall–Kier alpha value is -2.77. The summed E-state index contributed by atoms with van der Waals surface area (Å²) < 4.78 is 3.51. The van der Waals surface area contributed by atoms with Gasteiger partial charge in [0.1, 0.15) is 10.7 Å². The molecule has 1 saturated carbocycles. The van der Waals surface area contributed by atoms with Crippen LogP contribution in [0, 0.1) is 0 Å². The quantitative estimate of drug-likeness (QED) is 0.510. The van der Waals surface area contributed by atoms with Crippen molar-refractivity contribution in [3.8, 4) is 0 Å². The maximum absolute atomic E-state index is 13.5. The van der Waals surface area contributed by atoms with Crippen molar-refractivity contribution in [1.82, 2.24) is 24.1 Å². The molecule has 0 saturated heterocycles. The number of pyridine rings is 1. The van der Waals surface area contributed by atoms with E-state index in [0.29, 0.717) is 28.9 Å². The second-order valence-electron chi connectivity index (χ2n) is 8.03. The number of halogens is 1. The fourth-order valence-corrected chi connectivity index (χ4v) is 4.62.